The minimum atomic E-state index is 1.04. The fourth-order valence-electron chi connectivity index (χ4n) is 1.52. The zero-order valence-corrected chi connectivity index (χ0v) is 10.2. The molecule has 0 atom stereocenters. The molecule has 0 saturated carbocycles. The van der Waals surface area contributed by atoms with Gasteiger partial charge in [-0.25, -0.2) is 0 Å². The monoisotopic (exact) mass is 212 g/mol. The van der Waals surface area contributed by atoms with E-state index in [4.69, 9.17) is 0 Å². The van der Waals surface area contributed by atoms with E-state index in [9.17, 15) is 0 Å². The lowest BCUT2D eigenvalue weighted by molar-refractivity contribution is 0.574. The van der Waals surface area contributed by atoms with E-state index in [0.717, 1.165) is 19.4 Å². The number of hydrogen-bond acceptors (Lipinski definition) is 2. The van der Waals surface area contributed by atoms with Crippen molar-refractivity contribution in [3.8, 4) is 0 Å². The van der Waals surface area contributed by atoms with Gasteiger partial charge in [-0.05, 0) is 37.3 Å². The lowest BCUT2D eigenvalue weighted by Crippen LogP contribution is -2.05. The fraction of sp³-hybridized carbons (Fsp3) is 0.727. The largest absolute Gasteiger partial charge is 0.269 e. The Morgan fingerprint density at radius 2 is 2.14 bits per heavy atom. The minimum absolute atomic E-state index is 1.04. The first-order valence-electron chi connectivity index (χ1n) is 5.36. The summed E-state index contributed by atoms with van der Waals surface area (Å²) in [4.78, 5) is 0. The van der Waals surface area contributed by atoms with Crippen LogP contribution >= 0.6 is 11.8 Å². The van der Waals surface area contributed by atoms with Gasteiger partial charge in [-0.2, -0.15) is 16.9 Å². The Hall–Kier alpha value is -0.440. The van der Waals surface area contributed by atoms with E-state index in [1.807, 2.05) is 11.8 Å². The first kappa shape index (κ1) is 11.6. The van der Waals surface area contributed by atoms with Crippen LogP contribution < -0.4 is 0 Å². The van der Waals surface area contributed by atoms with Gasteiger partial charge in [-0.15, -0.1) is 0 Å². The van der Waals surface area contributed by atoms with Crippen LogP contribution in [0.25, 0.3) is 0 Å². The predicted octanol–water partition coefficient (Wildman–Crippen LogP) is 2.76. The quantitative estimate of drug-likeness (QED) is 0.675. The van der Waals surface area contributed by atoms with Crippen molar-refractivity contribution in [1.82, 2.24) is 9.78 Å². The third-order valence-corrected chi connectivity index (χ3v) is 3.05. The van der Waals surface area contributed by atoms with Crippen LogP contribution in [0.2, 0.25) is 0 Å². The van der Waals surface area contributed by atoms with Gasteiger partial charge in [0.05, 0.1) is 5.69 Å². The van der Waals surface area contributed by atoms with E-state index in [0.29, 0.717) is 0 Å². The highest BCUT2D eigenvalue weighted by Crippen LogP contribution is 2.08. The molecule has 1 rings (SSSR count). The number of rotatable bonds is 6. The Bertz CT molecular complexity index is 268. The van der Waals surface area contributed by atoms with Gasteiger partial charge >= 0.3 is 0 Å². The van der Waals surface area contributed by atoms with Gasteiger partial charge < -0.3 is 0 Å². The van der Waals surface area contributed by atoms with Crippen LogP contribution in [0, 0.1) is 0 Å². The van der Waals surface area contributed by atoms with Crippen LogP contribution in [0.3, 0.4) is 0 Å². The maximum Gasteiger partial charge on any atom is 0.0624 e. The van der Waals surface area contributed by atoms with E-state index in [-0.39, 0.29) is 0 Å². The molecule has 0 unspecified atom stereocenters. The lowest BCUT2D eigenvalue weighted by Gasteiger charge is -2.04. The lowest BCUT2D eigenvalue weighted by atomic mass is 10.2. The first-order valence-corrected chi connectivity index (χ1v) is 6.75. The summed E-state index contributed by atoms with van der Waals surface area (Å²) in [6.07, 6.45) is 5.51. The van der Waals surface area contributed by atoms with Gasteiger partial charge in [0.25, 0.3) is 0 Å². The molecule has 2 nitrogen and oxygen atoms in total. The third kappa shape index (κ3) is 3.05. The van der Waals surface area contributed by atoms with Crippen molar-refractivity contribution in [2.45, 2.75) is 39.7 Å². The van der Waals surface area contributed by atoms with Crippen molar-refractivity contribution in [3.63, 3.8) is 0 Å². The number of thioether (sulfide) groups is 1. The van der Waals surface area contributed by atoms with Crippen molar-refractivity contribution >= 4 is 11.8 Å². The molecule has 0 aliphatic rings. The average Bonchev–Trinajstić information content (AvgIpc) is 2.61. The first-order chi connectivity index (χ1) is 6.81. The highest BCUT2D eigenvalue weighted by molar-refractivity contribution is 7.98. The summed E-state index contributed by atoms with van der Waals surface area (Å²) in [7, 11) is 0. The van der Waals surface area contributed by atoms with Crippen molar-refractivity contribution in [2.75, 3.05) is 12.0 Å². The maximum absolute atomic E-state index is 4.58. The van der Waals surface area contributed by atoms with Crippen LogP contribution in [-0.2, 0) is 19.4 Å². The highest BCUT2D eigenvalue weighted by Gasteiger charge is 2.03. The zero-order chi connectivity index (χ0) is 10.4. The van der Waals surface area contributed by atoms with E-state index >= 15 is 0 Å². The summed E-state index contributed by atoms with van der Waals surface area (Å²) in [5.41, 5.74) is 2.61. The SMILES string of the molecule is CCc1cc(CC)n(CCCSC)n1. The van der Waals surface area contributed by atoms with Gasteiger partial charge in [-0.1, -0.05) is 13.8 Å². The molecule has 0 bridgehead atoms. The summed E-state index contributed by atoms with van der Waals surface area (Å²) in [5, 5.41) is 4.58. The van der Waals surface area contributed by atoms with E-state index in [1.165, 1.54) is 23.6 Å². The molecule has 0 aromatic carbocycles. The predicted molar refractivity (Wildman–Crippen MR) is 64.0 cm³/mol. The normalized spacial score (nSPS) is 10.8. The van der Waals surface area contributed by atoms with Gasteiger partial charge in [0.1, 0.15) is 0 Å². The van der Waals surface area contributed by atoms with Crippen LogP contribution in [0.15, 0.2) is 6.07 Å². The molecular weight excluding hydrogens is 192 g/mol. The van der Waals surface area contributed by atoms with E-state index in [2.05, 4.69) is 36.0 Å². The summed E-state index contributed by atoms with van der Waals surface area (Å²) >= 11 is 1.91. The molecule has 0 aliphatic heterocycles. The number of aromatic nitrogens is 2. The van der Waals surface area contributed by atoms with E-state index in [1.54, 1.807) is 0 Å². The number of nitrogens with zero attached hydrogens (tertiary/aromatic N) is 2. The standard InChI is InChI=1S/C11H20N2S/c1-4-10-9-11(5-2)13(12-10)7-6-8-14-3/h9H,4-8H2,1-3H3. The van der Waals surface area contributed by atoms with Gasteiger partial charge in [0.2, 0.25) is 0 Å². The van der Waals surface area contributed by atoms with E-state index < -0.39 is 0 Å². The topological polar surface area (TPSA) is 17.8 Å². The van der Waals surface area contributed by atoms with Crippen LogP contribution in [0.4, 0.5) is 0 Å². The molecule has 0 saturated heterocycles. The fourth-order valence-corrected chi connectivity index (χ4v) is 1.94. The Morgan fingerprint density at radius 3 is 2.71 bits per heavy atom. The summed E-state index contributed by atoms with van der Waals surface area (Å²) in [6.45, 7) is 5.43. The van der Waals surface area contributed by atoms with Gasteiger partial charge in [0, 0.05) is 12.2 Å². The Balaban J connectivity index is 2.59. The molecular formula is C11H20N2S. The Kier molecular flexibility index (Phi) is 5.09. The molecule has 3 heteroatoms. The number of aryl methyl sites for hydroxylation is 3. The average molecular weight is 212 g/mol. The maximum atomic E-state index is 4.58. The molecule has 1 heterocycles. The second kappa shape index (κ2) is 6.12. The molecule has 0 N–H and O–H groups in total. The smallest absolute Gasteiger partial charge is 0.0624 e. The Labute approximate surface area is 91.1 Å². The minimum Gasteiger partial charge on any atom is -0.269 e. The molecule has 1 aromatic rings. The molecule has 0 aliphatic carbocycles. The molecule has 80 valence electrons. The van der Waals surface area contributed by atoms with Gasteiger partial charge in [-0.3, -0.25) is 4.68 Å². The van der Waals surface area contributed by atoms with Crippen molar-refractivity contribution in [2.24, 2.45) is 0 Å². The number of hydrogen-bond donors (Lipinski definition) is 0. The highest BCUT2D eigenvalue weighted by atomic mass is 32.2. The second-order valence-electron chi connectivity index (χ2n) is 3.40. The summed E-state index contributed by atoms with van der Waals surface area (Å²) < 4.78 is 2.18. The van der Waals surface area contributed by atoms with Crippen molar-refractivity contribution in [3.05, 3.63) is 17.5 Å². The molecule has 0 radical (unpaired) electrons. The van der Waals surface area contributed by atoms with Crippen LogP contribution in [0.1, 0.15) is 31.7 Å². The molecule has 14 heavy (non-hydrogen) atoms. The zero-order valence-electron chi connectivity index (χ0n) is 9.42. The molecule has 0 amide bonds. The molecule has 0 fully saturated rings. The van der Waals surface area contributed by atoms with Gasteiger partial charge in [0.15, 0.2) is 0 Å². The van der Waals surface area contributed by atoms with Crippen LogP contribution in [0.5, 0.6) is 0 Å². The molecule has 0 spiro atoms. The van der Waals surface area contributed by atoms with Crippen molar-refractivity contribution in [1.29, 1.82) is 0 Å². The summed E-state index contributed by atoms with van der Waals surface area (Å²) in [5.74, 6) is 1.23. The van der Waals surface area contributed by atoms with Crippen molar-refractivity contribution < 1.29 is 0 Å². The summed E-state index contributed by atoms with van der Waals surface area (Å²) in [6, 6.07) is 2.24. The van der Waals surface area contributed by atoms with Crippen LogP contribution in [-0.4, -0.2) is 21.8 Å². The third-order valence-electron chi connectivity index (χ3n) is 2.36. The molecule has 1 aromatic heterocycles. The Morgan fingerprint density at radius 1 is 1.36 bits per heavy atom. The second-order valence-corrected chi connectivity index (χ2v) is 4.39.